The highest BCUT2D eigenvalue weighted by Gasteiger charge is 2.13. The van der Waals surface area contributed by atoms with Gasteiger partial charge in [-0.25, -0.2) is 9.97 Å². The highest BCUT2D eigenvalue weighted by molar-refractivity contribution is 6.03. The standard InChI is InChI=1S/C22H20N6O/c23-14-16-4-3-5-18(12-16)26-21-13-20(24-15-25-21)22(29)27-17-6-8-19(9-7-17)28-10-1-2-11-28/h3-9,12-13,15H,1-2,10-11H2,(H,27,29)(H,24,25,26). The number of benzene rings is 2. The topological polar surface area (TPSA) is 93.9 Å². The number of nitriles is 1. The lowest BCUT2D eigenvalue weighted by molar-refractivity contribution is 0.102. The fourth-order valence-corrected chi connectivity index (χ4v) is 3.29. The summed E-state index contributed by atoms with van der Waals surface area (Å²) in [6.07, 6.45) is 3.79. The van der Waals surface area contributed by atoms with Gasteiger partial charge >= 0.3 is 0 Å². The van der Waals surface area contributed by atoms with Crippen LogP contribution in [0.25, 0.3) is 0 Å². The van der Waals surface area contributed by atoms with Crippen molar-refractivity contribution >= 4 is 28.8 Å². The van der Waals surface area contributed by atoms with Crippen LogP contribution < -0.4 is 15.5 Å². The molecule has 0 radical (unpaired) electrons. The summed E-state index contributed by atoms with van der Waals surface area (Å²) >= 11 is 0. The molecule has 144 valence electrons. The average Bonchev–Trinajstić information content (AvgIpc) is 3.29. The second kappa shape index (κ2) is 8.40. The number of nitrogens with one attached hydrogen (secondary N) is 2. The van der Waals surface area contributed by atoms with Crippen molar-refractivity contribution in [2.24, 2.45) is 0 Å². The molecule has 0 unspecified atom stereocenters. The molecule has 0 aliphatic carbocycles. The third kappa shape index (κ3) is 4.50. The van der Waals surface area contributed by atoms with Crippen LogP contribution in [0, 0.1) is 11.3 Å². The lowest BCUT2D eigenvalue weighted by atomic mass is 10.2. The summed E-state index contributed by atoms with van der Waals surface area (Å²) in [6, 6.07) is 18.6. The van der Waals surface area contributed by atoms with E-state index in [9.17, 15) is 4.79 Å². The molecule has 1 amide bonds. The monoisotopic (exact) mass is 384 g/mol. The van der Waals surface area contributed by atoms with Gasteiger partial charge in [0.15, 0.2) is 0 Å². The Bertz CT molecular complexity index is 1050. The van der Waals surface area contributed by atoms with Gasteiger partial charge in [-0.3, -0.25) is 4.79 Å². The van der Waals surface area contributed by atoms with Crippen LogP contribution in [-0.4, -0.2) is 29.0 Å². The minimum Gasteiger partial charge on any atom is -0.372 e. The van der Waals surface area contributed by atoms with Crippen LogP contribution >= 0.6 is 0 Å². The number of anilines is 4. The first-order valence-electron chi connectivity index (χ1n) is 9.47. The number of aromatic nitrogens is 2. The zero-order valence-corrected chi connectivity index (χ0v) is 15.8. The summed E-state index contributed by atoms with van der Waals surface area (Å²) in [5, 5.41) is 15.0. The summed E-state index contributed by atoms with van der Waals surface area (Å²) in [7, 11) is 0. The van der Waals surface area contributed by atoms with E-state index in [2.05, 4.69) is 31.6 Å². The molecule has 1 saturated heterocycles. The van der Waals surface area contributed by atoms with Crippen molar-refractivity contribution in [2.45, 2.75) is 12.8 Å². The Kier molecular flexibility index (Phi) is 5.34. The van der Waals surface area contributed by atoms with Crippen molar-refractivity contribution in [3.8, 4) is 6.07 Å². The van der Waals surface area contributed by atoms with Gasteiger partial charge in [0, 0.05) is 36.2 Å². The van der Waals surface area contributed by atoms with Gasteiger partial charge < -0.3 is 15.5 Å². The molecule has 0 spiro atoms. The largest absolute Gasteiger partial charge is 0.372 e. The second-order valence-corrected chi connectivity index (χ2v) is 6.80. The van der Waals surface area contributed by atoms with Gasteiger partial charge in [0.2, 0.25) is 0 Å². The minimum absolute atomic E-state index is 0.252. The lowest BCUT2D eigenvalue weighted by Gasteiger charge is -2.17. The van der Waals surface area contributed by atoms with Crippen LogP contribution in [-0.2, 0) is 0 Å². The summed E-state index contributed by atoms with van der Waals surface area (Å²) in [5.74, 6) is 0.166. The van der Waals surface area contributed by atoms with Gasteiger partial charge in [-0.15, -0.1) is 0 Å². The Morgan fingerprint density at radius 3 is 2.55 bits per heavy atom. The molecule has 0 saturated carbocycles. The van der Waals surface area contributed by atoms with E-state index < -0.39 is 0 Å². The maximum absolute atomic E-state index is 12.6. The number of carbonyl (C=O) groups excluding carboxylic acids is 1. The molecule has 1 aliphatic heterocycles. The Balaban J connectivity index is 1.43. The highest BCUT2D eigenvalue weighted by Crippen LogP contribution is 2.22. The van der Waals surface area contributed by atoms with E-state index in [1.807, 2.05) is 30.3 Å². The molecular formula is C22H20N6O. The molecule has 7 nitrogen and oxygen atoms in total. The molecule has 0 atom stereocenters. The van der Waals surface area contributed by atoms with Crippen molar-refractivity contribution in [1.29, 1.82) is 5.26 Å². The summed E-state index contributed by atoms with van der Waals surface area (Å²) in [6.45, 7) is 2.17. The van der Waals surface area contributed by atoms with E-state index in [4.69, 9.17) is 5.26 Å². The molecule has 0 bridgehead atoms. The molecule has 2 N–H and O–H groups in total. The predicted octanol–water partition coefficient (Wildman–Crippen LogP) is 3.94. The molecule has 2 heterocycles. The maximum atomic E-state index is 12.6. The van der Waals surface area contributed by atoms with Crippen LogP contribution in [0.4, 0.5) is 22.9 Å². The Hall–Kier alpha value is -3.92. The van der Waals surface area contributed by atoms with Gasteiger partial charge in [0.05, 0.1) is 11.6 Å². The predicted molar refractivity (Wildman–Crippen MR) is 112 cm³/mol. The third-order valence-corrected chi connectivity index (χ3v) is 4.76. The number of hydrogen-bond donors (Lipinski definition) is 2. The Morgan fingerprint density at radius 2 is 1.79 bits per heavy atom. The minimum atomic E-state index is -0.310. The second-order valence-electron chi connectivity index (χ2n) is 6.80. The summed E-state index contributed by atoms with van der Waals surface area (Å²) < 4.78 is 0. The van der Waals surface area contributed by atoms with Gasteiger partial charge in [0.1, 0.15) is 17.8 Å². The average molecular weight is 384 g/mol. The first-order chi connectivity index (χ1) is 14.2. The zero-order chi connectivity index (χ0) is 20.1. The van der Waals surface area contributed by atoms with Crippen LogP contribution in [0.2, 0.25) is 0 Å². The molecule has 7 heteroatoms. The summed E-state index contributed by atoms with van der Waals surface area (Å²) in [4.78, 5) is 23.1. The van der Waals surface area contributed by atoms with E-state index in [0.29, 0.717) is 22.8 Å². The quantitative estimate of drug-likeness (QED) is 0.692. The first-order valence-corrected chi connectivity index (χ1v) is 9.47. The molecule has 29 heavy (non-hydrogen) atoms. The normalized spacial score (nSPS) is 13.0. The van der Waals surface area contributed by atoms with Crippen LogP contribution in [0.5, 0.6) is 0 Å². The van der Waals surface area contributed by atoms with Gasteiger partial charge in [0.25, 0.3) is 5.91 Å². The van der Waals surface area contributed by atoms with Crippen molar-refractivity contribution in [1.82, 2.24) is 9.97 Å². The smallest absolute Gasteiger partial charge is 0.274 e. The Morgan fingerprint density at radius 1 is 1.00 bits per heavy atom. The van der Waals surface area contributed by atoms with E-state index in [1.165, 1.54) is 24.9 Å². The fourth-order valence-electron chi connectivity index (χ4n) is 3.29. The maximum Gasteiger partial charge on any atom is 0.274 e. The lowest BCUT2D eigenvalue weighted by Crippen LogP contribution is -2.18. The zero-order valence-electron chi connectivity index (χ0n) is 15.8. The number of nitrogens with zero attached hydrogens (tertiary/aromatic N) is 4. The van der Waals surface area contributed by atoms with Crippen LogP contribution in [0.1, 0.15) is 28.9 Å². The molecular weight excluding hydrogens is 364 g/mol. The molecule has 1 aliphatic rings. The molecule has 2 aromatic carbocycles. The van der Waals surface area contributed by atoms with E-state index in [0.717, 1.165) is 13.1 Å². The van der Waals surface area contributed by atoms with Crippen molar-refractivity contribution in [2.75, 3.05) is 28.6 Å². The van der Waals surface area contributed by atoms with Crippen molar-refractivity contribution < 1.29 is 4.79 Å². The van der Waals surface area contributed by atoms with Crippen LogP contribution in [0.15, 0.2) is 60.9 Å². The van der Waals surface area contributed by atoms with Crippen LogP contribution in [0.3, 0.4) is 0 Å². The van der Waals surface area contributed by atoms with Crippen molar-refractivity contribution in [3.63, 3.8) is 0 Å². The summed E-state index contributed by atoms with van der Waals surface area (Å²) in [5.41, 5.74) is 3.40. The van der Waals surface area contributed by atoms with Gasteiger partial charge in [-0.2, -0.15) is 5.26 Å². The fraction of sp³-hybridized carbons (Fsp3) is 0.182. The molecule has 4 rings (SSSR count). The van der Waals surface area contributed by atoms with E-state index in [-0.39, 0.29) is 11.6 Å². The molecule has 1 aromatic heterocycles. The number of amides is 1. The number of rotatable bonds is 5. The van der Waals surface area contributed by atoms with Crippen molar-refractivity contribution in [3.05, 3.63) is 72.2 Å². The number of hydrogen-bond acceptors (Lipinski definition) is 6. The number of carbonyl (C=O) groups is 1. The highest BCUT2D eigenvalue weighted by atomic mass is 16.1. The van der Waals surface area contributed by atoms with E-state index in [1.54, 1.807) is 24.3 Å². The van der Waals surface area contributed by atoms with Gasteiger partial charge in [-0.1, -0.05) is 6.07 Å². The molecule has 1 fully saturated rings. The van der Waals surface area contributed by atoms with E-state index >= 15 is 0 Å². The SMILES string of the molecule is N#Cc1cccc(Nc2cc(C(=O)Nc3ccc(N4CCCC4)cc3)ncn2)c1. The van der Waals surface area contributed by atoms with Gasteiger partial charge in [-0.05, 0) is 55.3 Å². The molecule has 3 aromatic rings. The first kappa shape index (κ1) is 18.4. The Labute approximate surface area is 169 Å². The third-order valence-electron chi connectivity index (χ3n) is 4.76.